The van der Waals surface area contributed by atoms with Crippen LogP contribution in [0, 0.1) is 23.2 Å². The predicted octanol–water partition coefficient (Wildman–Crippen LogP) is 4.53. The predicted molar refractivity (Wildman–Crippen MR) is 133 cm³/mol. The number of aromatic nitrogens is 1. The first-order valence-corrected chi connectivity index (χ1v) is 12.5. The smallest absolute Gasteiger partial charge is 0.227 e. The molecule has 3 heterocycles. The van der Waals surface area contributed by atoms with E-state index in [4.69, 9.17) is 33.2 Å². The number of likely N-dealkylation sites (tertiary alicyclic amines) is 2. The highest BCUT2D eigenvalue weighted by Gasteiger charge is 2.42. The maximum Gasteiger partial charge on any atom is 0.227 e. The largest absolute Gasteiger partial charge is 0.474 e. The van der Waals surface area contributed by atoms with Crippen molar-refractivity contribution < 1.29 is 14.3 Å². The highest BCUT2D eigenvalue weighted by atomic mass is 35.5. The quantitative estimate of drug-likeness (QED) is 0.584. The number of pyridine rings is 1. The van der Waals surface area contributed by atoms with Crippen molar-refractivity contribution in [2.45, 2.75) is 38.7 Å². The van der Waals surface area contributed by atoms with Gasteiger partial charge in [-0.3, -0.25) is 9.59 Å². The van der Waals surface area contributed by atoms with E-state index in [-0.39, 0.29) is 35.7 Å². The van der Waals surface area contributed by atoms with Crippen LogP contribution in [0.4, 0.5) is 0 Å². The first kappa shape index (κ1) is 25.3. The number of halogens is 2. The van der Waals surface area contributed by atoms with Crippen molar-refractivity contribution in [1.29, 1.82) is 5.26 Å². The lowest BCUT2D eigenvalue weighted by atomic mass is 9.86. The molecule has 2 unspecified atom stereocenters. The zero-order chi connectivity index (χ0) is 25.1. The number of carbonyl (C=O) groups is 2. The van der Waals surface area contributed by atoms with E-state index in [1.54, 1.807) is 30.0 Å². The molecular weight excluding hydrogens is 487 g/mol. The number of amides is 2. The Balaban J connectivity index is 1.55. The molecule has 35 heavy (non-hydrogen) atoms. The van der Waals surface area contributed by atoms with Gasteiger partial charge in [-0.05, 0) is 43.5 Å². The Morgan fingerprint density at radius 2 is 1.94 bits per heavy atom. The topological polar surface area (TPSA) is 86.5 Å². The molecule has 2 fully saturated rings. The highest BCUT2D eigenvalue weighted by molar-refractivity contribution is 6.42. The van der Waals surface area contributed by atoms with E-state index in [0.29, 0.717) is 47.7 Å². The fourth-order valence-electron chi connectivity index (χ4n) is 5.10. The SMILES string of the molecule is CC(=O)N1CCCC(C(=O)N2CC([C@H](C)Oc3ccc(C#N)cn3)[C@@H](c3ccc(Cl)c(Cl)c3)C2)C1. The van der Waals surface area contributed by atoms with E-state index in [9.17, 15) is 9.59 Å². The Kier molecular flexibility index (Phi) is 7.83. The van der Waals surface area contributed by atoms with Gasteiger partial charge in [-0.2, -0.15) is 5.26 Å². The lowest BCUT2D eigenvalue weighted by Crippen LogP contribution is -2.46. The van der Waals surface area contributed by atoms with Crippen molar-refractivity contribution in [3.05, 3.63) is 57.7 Å². The molecule has 7 nitrogen and oxygen atoms in total. The minimum Gasteiger partial charge on any atom is -0.474 e. The van der Waals surface area contributed by atoms with Crippen LogP contribution in [-0.2, 0) is 9.59 Å². The second-order valence-corrected chi connectivity index (χ2v) is 10.1. The van der Waals surface area contributed by atoms with Crippen LogP contribution in [0.2, 0.25) is 10.0 Å². The maximum atomic E-state index is 13.5. The van der Waals surface area contributed by atoms with Crippen molar-refractivity contribution in [3.8, 4) is 11.9 Å². The molecule has 2 amide bonds. The zero-order valence-corrected chi connectivity index (χ0v) is 21.3. The summed E-state index contributed by atoms with van der Waals surface area (Å²) in [6, 6.07) is 11.0. The number of hydrogen-bond acceptors (Lipinski definition) is 5. The van der Waals surface area contributed by atoms with Crippen LogP contribution >= 0.6 is 23.2 Å². The second-order valence-electron chi connectivity index (χ2n) is 9.31. The summed E-state index contributed by atoms with van der Waals surface area (Å²) in [4.78, 5) is 33.3. The van der Waals surface area contributed by atoms with Crippen LogP contribution in [0.1, 0.15) is 43.7 Å². The van der Waals surface area contributed by atoms with Crippen molar-refractivity contribution in [3.63, 3.8) is 0 Å². The van der Waals surface area contributed by atoms with Crippen LogP contribution in [0.15, 0.2) is 36.5 Å². The van der Waals surface area contributed by atoms with E-state index in [1.165, 1.54) is 6.20 Å². The number of hydrogen-bond donors (Lipinski definition) is 0. The van der Waals surface area contributed by atoms with Crippen LogP contribution in [-0.4, -0.2) is 58.9 Å². The molecule has 2 aliphatic heterocycles. The van der Waals surface area contributed by atoms with Gasteiger partial charge in [0, 0.05) is 57.2 Å². The van der Waals surface area contributed by atoms with Gasteiger partial charge in [0.2, 0.25) is 17.7 Å². The number of carbonyl (C=O) groups excluding carboxylic acids is 2. The van der Waals surface area contributed by atoms with Gasteiger partial charge in [0.05, 0.1) is 21.5 Å². The average molecular weight is 515 g/mol. The Hall–Kier alpha value is -2.82. The van der Waals surface area contributed by atoms with Crippen molar-refractivity contribution >= 4 is 35.0 Å². The molecule has 1 aromatic heterocycles. The molecule has 4 rings (SSSR count). The van der Waals surface area contributed by atoms with Crippen LogP contribution in [0.3, 0.4) is 0 Å². The van der Waals surface area contributed by atoms with Crippen molar-refractivity contribution in [2.24, 2.45) is 11.8 Å². The number of ether oxygens (including phenoxy) is 1. The maximum absolute atomic E-state index is 13.5. The summed E-state index contributed by atoms with van der Waals surface area (Å²) < 4.78 is 6.16. The molecule has 0 radical (unpaired) electrons. The molecule has 0 aliphatic carbocycles. The van der Waals surface area contributed by atoms with Gasteiger partial charge in [-0.1, -0.05) is 29.3 Å². The molecular formula is C26H28Cl2N4O3. The normalized spacial score (nSPS) is 23.0. The summed E-state index contributed by atoms with van der Waals surface area (Å²) >= 11 is 12.5. The minimum absolute atomic E-state index is 0.00500. The van der Waals surface area contributed by atoms with Crippen molar-refractivity contribution in [2.75, 3.05) is 26.2 Å². The van der Waals surface area contributed by atoms with Gasteiger partial charge < -0.3 is 14.5 Å². The summed E-state index contributed by atoms with van der Waals surface area (Å²) in [6.45, 7) is 5.75. The van der Waals surface area contributed by atoms with Gasteiger partial charge >= 0.3 is 0 Å². The first-order valence-electron chi connectivity index (χ1n) is 11.8. The molecule has 0 saturated carbocycles. The molecule has 4 atom stereocenters. The number of nitrogens with zero attached hydrogens (tertiary/aromatic N) is 4. The second kappa shape index (κ2) is 10.8. The molecule has 2 aliphatic rings. The van der Waals surface area contributed by atoms with Gasteiger partial charge in [0.15, 0.2) is 0 Å². The number of piperidine rings is 1. The van der Waals surface area contributed by atoms with Gasteiger partial charge in [-0.15, -0.1) is 0 Å². The summed E-state index contributed by atoms with van der Waals surface area (Å²) in [7, 11) is 0. The standard InChI is InChI=1S/C26H28Cl2N4O3/c1-16(35-25-8-5-18(11-29)12-30-25)21-14-32(15-22(21)19-6-7-23(27)24(28)10-19)26(34)20-4-3-9-31(13-20)17(2)33/h5-8,10,12,16,20-22H,3-4,9,13-15H2,1-2H3/t16-,20?,21?,22+/m0/s1. The van der Waals surface area contributed by atoms with E-state index >= 15 is 0 Å². The third-order valence-electron chi connectivity index (χ3n) is 7.04. The Bertz CT molecular complexity index is 1130. The molecule has 2 saturated heterocycles. The Morgan fingerprint density at radius 3 is 2.60 bits per heavy atom. The summed E-state index contributed by atoms with van der Waals surface area (Å²) in [5.41, 5.74) is 1.46. The molecule has 2 aromatic rings. The lowest BCUT2D eigenvalue weighted by Gasteiger charge is -2.33. The van der Waals surface area contributed by atoms with E-state index in [1.807, 2.05) is 24.0 Å². The summed E-state index contributed by atoms with van der Waals surface area (Å²) in [5.74, 6) is 0.297. The van der Waals surface area contributed by atoms with E-state index in [2.05, 4.69) is 11.1 Å². The van der Waals surface area contributed by atoms with Crippen molar-refractivity contribution in [1.82, 2.24) is 14.8 Å². The number of rotatable bonds is 5. The highest BCUT2D eigenvalue weighted by Crippen LogP contribution is 2.39. The molecule has 9 heteroatoms. The number of nitriles is 1. The first-order chi connectivity index (χ1) is 16.8. The Labute approximate surface area is 215 Å². The third-order valence-corrected chi connectivity index (χ3v) is 7.78. The van der Waals surface area contributed by atoms with Gasteiger partial charge in [-0.25, -0.2) is 4.98 Å². The molecule has 0 bridgehead atoms. The van der Waals surface area contributed by atoms with Crippen LogP contribution in [0.5, 0.6) is 5.88 Å². The van der Waals surface area contributed by atoms with Crippen LogP contribution < -0.4 is 4.74 Å². The molecule has 0 N–H and O–H groups in total. The van der Waals surface area contributed by atoms with Gasteiger partial charge in [0.25, 0.3) is 0 Å². The third kappa shape index (κ3) is 5.71. The average Bonchev–Trinajstić information content (AvgIpc) is 3.31. The summed E-state index contributed by atoms with van der Waals surface area (Å²) in [5, 5.41) is 9.96. The minimum atomic E-state index is -0.257. The van der Waals surface area contributed by atoms with Gasteiger partial charge in [0.1, 0.15) is 12.2 Å². The summed E-state index contributed by atoms with van der Waals surface area (Å²) in [6.07, 6.45) is 2.83. The molecule has 1 aromatic carbocycles. The van der Waals surface area contributed by atoms with Crippen LogP contribution in [0.25, 0.3) is 0 Å². The molecule has 0 spiro atoms. The number of benzene rings is 1. The lowest BCUT2D eigenvalue weighted by molar-refractivity contribution is -0.139. The van der Waals surface area contributed by atoms with E-state index < -0.39 is 0 Å². The monoisotopic (exact) mass is 514 g/mol. The fourth-order valence-corrected chi connectivity index (χ4v) is 5.40. The zero-order valence-electron chi connectivity index (χ0n) is 19.8. The molecule has 184 valence electrons. The fraction of sp³-hybridized carbons (Fsp3) is 0.462. The van der Waals surface area contributed by atoms with E-state index in [0.717, 1.165) is 18.4 Å². The Morgan fingerprint density at radius 1 is 1.14 bits per heavy atom.